The van der Waals surface area contributed by atoms with Gasteiger partial charge < -0.3 is 25.2 Å². The van der Waals surface area contributed by atoms with E-state index >= 15 is 0 Å². The number of allylic oxidation sites excluding steroid dienone is 10. The third kappa shape index (κ3) is 38.1. The molecule has 0 spiro atoms. The zero-order valence-corrected chi connectivity index (χ0v) is 35.6. The Hall–Kier alpha value is -2.82. The first-order valence-corrected chi connectivity index (χ1v) is 22.9. The molecule has 3 atom stereocenters. The lowest BCUT2D eigenvalue weighted by Crippen LogP contribution is -2.34. The quantitative estimate of drug-likeness (QED) is 0.0233. The van der Waals surface area contributed by atoms with E-state index in [4.69, 9.17) is 24.8 Å². The molecule has 0 aromatic rings. The molecule has 4 N–H and O–H groups in total. The average molecular weight is 810 g/mol. The number of hydrogen-bond donors (Lipinski definition) is 3. The van der Waals surface area contributed by atoms with Crippen LogP contribution in [-0.4, -0.2) is 59.9 Å². The van der Waals surface area contributed by atoms with Crippen LogP contribution in [0.1, 0.15) is 168 Å². The fourth-order valence-electron chi connectivity index (χ4n) is 5.47. The fourth-order valence-corrected chi connectivity index (χ4v) is 6.24. The van der Waals surface area contributed by atoms with Crippen molar-refractivity contribution in [1.29, 1.82) is 0 Å². The van der Waals surface area contributed by atoms with Crippen LogP contribution in [0.4, 0.5) is 0 Å². The molecule has 12 heteroatoms. The van der Waals surface area contributed by atoms with Crippen molar-refractivity contribution in [1.82, 2.24) is 0 Å². The summed E-state index contributed by atoms with van der Waals surface area (Å²) in [6.45, 7) is 2.61. The summed E-state index contributed by atoms with van der Waals surface area (Å²) in [7, 11) is -4.72. The van der Waals surface area contributed by atoms with Crippen molar-refractivity contribution in [2.24, 2.45) is 5.73 Å². The molecule has 0 amide bonds. The van der Waals surface area contributed by atoms with E-state index in [1.165, 1.54) is 64.2 Å². The molecule has 2 unspecified atom stereocenters. The van der Waals surface area contributed by atoms with E-state index in [-0.39, 0.29) is 19.4 Å². The summed E-state index contributed by atoms with van der Waals surface area (Å²) in [5.74, 6) is -2.42. The van der Waals surface area contributed by atoms with Crippen LogP contribution in [0.25, 0.3) is 0 Å². The highest BCUT2D eigenvalue weighted by molar-refractivity contribution is 7.47. The highest BCUT2D eigenvalue weighted by atomic mass is 31.2. The van der Waals surface area contributed by atoms with Crippen LogP contribution >= 0.6 is 7.82 Å². The lowest BCUT2D eigenvalue weighted by Gasteiger charge is -2.20. The monoisotopic (exact) mass is 810 g/mol. The van der Waals surface area contributed by atoms with Crippen molar-refractivity contribution in [3.63, 3.8) is 0 Å². The van der Waals surface area contributed by atoms with Gasteiger partial charge in [-0.3, -0.25) is 23.4 Å². The van der Waals surface area contributed by atoms with E-state index in [9.17, 15) is 23.8 Å². The van der Waals surface area contributed by atoms with Gasteiger partial charge in [0.15, 0.2) is 6.10 Å². The first-order valence-electron chi connectivity index (χ1n) is 21.4. The molecular weight excluding hydrogens is 733 g/mol. The van der Waals surface area contributed by atoms with Gasteiger partial charge in [-0.1, -0.05) is 158 Å². The van der Waals surface area contributed by atoms with E-state index in [2.05, 4.69) is 54.8 Å². The normalized spacial score (nSPS) is 14.4. The molecule has 0 bridgehead atoms. The van der Waals surface area contributed by atoms with Crippen LogP contribution in [0.15, 0.2) is 60.8 Å². The maximum absolute atomic E-state index is 12.6. The van der Waals surface area contributed by atoms with Gasteiger partial charge in [0.2, 0.25) is 0 Å². The molecule has 0 aliphatic carbocycles. The lowest BCUT2D eigenvalue weighted by atomic mass is 10.1. The first kappa shape index (κ1) is 53.2. The summed E-state index contributed by atoms with van der Waals surface area (Å²) in [6, 6.07) is -1.53. The molecule has 0 aliphatic heterocycles. The maximum Gasteiger partial charge on any atom is 0.472 e. The largest absolute Gasteiger partial charge is 0.480 e. The molecule has 0 saturated carbocycles. The second kappa shape index (κ2) is 39.0. The number of phosphoric acid groups is 1. The number of hydrogen-bond acceptors (Lipinski definition) is 9. The Bertz CT molecular complexity index is 1180. The lowest BCUT2D eigenvalue weighted by molar-refractivity contribution is -0.161. The standard InChI is InChI=1S/C44H76NO10P/c1-3-5-7-9-11-13-15-17-18-19-20-21-22-24-25-27-29-31-33-35-42(46)52-37-40(38-53-56(50,51)54-39-41(45)44(48)49)55-43(47)36-34-32-30-28-26-23-16-14-12-10-8-6-4-2/h6,8,10-17,40-41H,3-5,7,9,18-39,45H2,1-2H3,(H,48,49)(H,50,51)/b8-6+,12-10+,13-11+,16-14+,17-15+/t40?,41-/m1/s1. The summed E-state index contributed by atoms with van der Waals surface area (Å²) < 4.78 is 32.6. The number of carbonyl (C=O) groups excluding carboxylic acids is 2. The van der Waals surface area contributed by atoms with Gasteiger partial charge in [0.25, 0.3) is 0 Å². The second-order valence-electron chi connectivity index (χ2n) is 14.2. The van der Waals surface area contributed by atoms with E-state index < -0.39 is 51.1 Å². The van der Waals surface area contributed by atoms with Crippen molar-refractivity contribution in [3.8, 4) is 0 Å². The van der Waals surface area contributed by atoms with E-state index in [1.807, 2.05) is 24.3 Å². The Labute approximate surface area is 338 Å². The van der Waals surface area contributed by atoms with Crippen LogP contribution < -0.4 is 5.73 Å². The summed E-state index contributed by atoms with van der Waals surface area (Å²) in [4.78, 5) is 45.9. The van der Waals surface area contributed by atoms with Crippen molar-refractivity contribution < 1.29 is 47.5 Å². The van der Waals surface area contributed by atoms with Crippen molar-refractivity contribution >= 4 is 25.7 Å². The Morgan fingerprint density at radius 2 is 1.00 bits per heavy atom. The van der Waals surface area contributed by atoms with Gasteiger partial charge in [0, 0.05) is 12.8 Å². The molecule has 0 aromatic carbocycles. The van der Waals surface area contributed by atoms with E-state index in [1.54, 1.807) is 0 Å². The number of carboxylic acid groups (broad SMARTS) is 1. The number of aliphatic carboxylic acids is 1. The van der Waals surface area contributed by atoms with Gasteiger partial charge in [-0.05, 0) is 57.8 Å². The Morgan fingerprint density at radius 3 is 1.50 bits per heavy atom. The smallest absolute Gasteiger partial charge is 0.472 e. The minimum atomic E-state index is -4.72. The summed E-state index contributed by atoms with van der Waals surface area (Å²) >= 11 is 0. The number of nitrogens with two attached hydrogens (primary N) is 1. The number of unbranched alkanes of at least 4 members (excludes halogenated alkanes) is 18. The molecule has 0 radical (unpaired) electrons. The molecule has 0 aromatic heterocycles. The molecule has 0 aliphatic rings. The molecule has 11 nitrogen and oxygen atoms in total. The predicted octanol–water partition coefficient (Wildman–Crippen LogP) is 11.2. The van der Waals surface area contributed by atoms with Crippen molar-refractivity contribution in [2.45, 2.75) is 180 Å². The Balaban J connectivity index is 4.36. The molecule has 0 saturated heterocycles. The van der Waals surface area contributed by atoms with Gasteiger partial charge in [-0.25, -0.2) is 4.57 Å². The first-order chi connectivity index (χ1) is 27.1. The van der Waals surface area contributed by atoms with Gasteiger partial charge in [0.05, 0.1) is 13.2 Å². The third-order valence-electron chi connectivity index (χ3n) is 8.84. The summed E-state index contributed by atoms with van der Waals surface area (Å²) in [6.07, 6.45) is 44.3. The SMILES string of the molecule is CC/C=C/C=C/C=C/CCCCCCCC(=O)OC(COC(=O)CCCCCCCCCCCC/C=C/C=C/CCCCC)COP(=O)(O)OC[C@@H](N)C(=O)O. The molecule has 0 rings (SSSR count). The molecule has 322 valence electrons. The van der Waals surface area contributed by atoms with E-state index in [0.717, 1.165) is 64.2 Å². The summed E-state index contributed by atoms with van der Waals surface area (Å²) in [5, 5.41) is 8.88. The van der Waals surface area contributed by atoms with Crippen LogP contribution in [-0.2, 0) is 37.5 Å². The minimum absolute atomic E-state index is 0.135. The minimum Gasteiger partial charge on any atom is -0.480 e. The van der Waals surface area contributed by atoms with Crippen molar-refractivity contribution in [3.05, 3.63) is 60.8 Å². The summed E-state index contributed by atoms with van der Waals surface area (Å²) in [5.41, 5.74) is 5.33. The number of carboxylic acids is 1. The number of esters is 2. The second-order valence-corrected chi connectivity index (χ2v) is 15.6. The van der Waals surface area contributed by atoms with Crippen LogP contribution in [0, 0.1) is 0 Å². The zero-order chi connectivity index (χ0) is 41.4. The number of rotatable bonds is 39. The Kier molecular flexibility index (Phi) is 37.1. The molecule has 56 heavy (non-hydrogen) atoms. The Morgan fingerprint density at radius 1 is 0.571 bits per heavy atom. The molecule has 0 fully saturated rings. The maximum atomic E-state index is 12.6. The van der Waals surface area contributed by atoms with Crippen LogP contribution in [0.2, 0.25) is 0 Å². The predicted molar refractivity (Wildman–Crippen MR) is 226 cm³/mol. The van der Waals surface area contributed by atoms with Crippen LogP contribution in [0.5, 0.6) is 0 Å². The van der Waals surface area contributed by atoms with Crippen molar-refractivity contribution in [2.75, 3.05) is 19.8 Å². The number of phosphoric ester groups is 1. The highest BCUT2D eigenvalue weighted by Gasteiger charge is 2.28. The number of ether oxygens (including phenoxy) is 2. The topological polar surface area (TPSA) is 172 Å². The van der Waals surface area contributed by atoms with Gasteiger partial charge in [-0.2, -0.15) is 0 Å². The van der Waals surface area contributed by atoms with Gasteiger partial charge in [-0.15, -0.1) is 0 Å². The highest BCUT2D eigenvalue weighted by Crippen LogP contribution is 2.43. The van der Waals surface area contributed by atoms with Crippen LogP contribution in [0.3, 0.4) is 0 Å². The average Bonchev–Trinajstić information content (AvgIpc) is 3.17. The zero-order valence-electron chi connectivity index (χ0n) is 34.7. The van der Waals surface area contributed by atoms with E-state index in [0.29, 0.717) is 12.8 Å². The third-order valence-corrected chi connectivity index (χ3v) is 9.79. The number of carbonyl (C=O) groups is 3. The van der Waals surface area contributed by atoms with Gasteiger partial charge >= 0.3 is 25.7 Å². The molecule has 0 heterocycles. The van der Waals surface area contributed by atoms with Gasteiger partial charge in [0.1, 0.15) is 12.6 Å². The fraction of sp³-hybridized carbons (Fsp3) is 0.705. The molecular formula is C44H76NO10P.